The lowest BCUT2D eigenvalue weighted by atomic mass is 10.1. The van der Waals surface area contributed by atoms with Crippen LogP contribution in [0.1, 0.15) is 18.4 Å². The summed E-state index contributed by atoms with van der Waals surface area (Å²) in [5.74, 6) is 1.71. The van der Waals surface area contributed by atoms with Crippen molar-refractivity contribution in [2.24, 2.45) is 0 Å². The minimum Gasteiger partial charge on any atom is -0.497 e. The molecule has 0 amide bonds. The van der Waals surface area contributed by atoms with Crippen LogP contribution >= 0.6 is 0 Å². The van der Waals surface area contributed by atoms with Crippen LogP contribution in [0.2, 0.25) is 0 Å². The maximum absolute atomic E-state index is 13.5. The summed E-state index contributed by atoms with van der Waals surface area (Å²) >= 11 is 0. The standard InChI is InChI=1S/C23H24N2O7S/c1-29-17-4-6-19(7-5-17)33(27,28)25(13-18-3-2-8-30-18)12-16-9-15-10-21-22(32-14-31-21)11-20(15)24-23(16)26/h4-7,9-11,18H,2-3,8,12-14H2,1H3,(H,24,26)/t18-/m0/s1. The molecular formula is C23H24N2O7S. The number of benzene rings is 2. The van der Waals surface area contributed by atoms with Crippen molar-refractivity contribution < 1.29 is 27.4 Å². The van der Waals surface area contributed by atoms with Gasteiger partial charge in [-0.3, -0.25) is 4.79 Å². The number of methoxy groups -OCH3 is 1. The Labute approximate surface area is 190 Å². The van der Waals surface area contributed by atoms with Gasteiger partial charge in [-0.2, -0.15) is 4.31 Å². The van der Waals surface area contributed by atoms with E-state index in [4.69, 9.17) is 18.9 Å². The smallest absolute Gasteiger partial charge is 0.252 e. The summed E-state index contributed by atoms with van der Waals surface area (Å²) in [4.78, 5) is 15.8. The van der Waals surface area contributed by atoms with E-state index < -0.39 is 10.0 Å². The van der Waals surface area contributed by atoms with Crippen LogP contribution in [0.3, 0.4) is 0 Å². The van der Waals surface area contributed by atoms with Gasteiger partial charge < -0.3 is 23.9 Å². The summed E-state index contributed by atoms with van der Waals surface area (Å²) < 4.78 is 50.0. The molecule has 2 aliphatic heterocycles. The highest BCUT2D eigenvalue weighted by Crippen LogP contribution is 2.35. The Hall–Kier alpha value is -3.08. The molecule has 9 nitrogen and oxygen atoms in total. The van der Waals surface area contributed by atoms with Crippen molar-refractivity contribution >= 4 is 20.9 Å². The molecule has 3 heterocycles. The minimum atomic E-state index is -3.89. The van der Waals surface area contributed by atoms with Gasteiger partial charge in [0.15, 0.2) is 11.5 Å². The van der Waals surface area contributed by atoms with Gasteiger partial charge in [0.25, 0.3) is 5.56 Å². The predicted molar refractivity (Wildman–Crippen MR) is 120 cm³/mol. The Kier molecular flexibility index (Phi) is 5.73. The molecule has 0 spiro atoms. The highest BCUT2D eigenvalue weighted by Gasteiger charge is 2.30. The molecule has 174 valence electrons. The molecule has 3 aromatic rings. The first kappa shape index (κ1) is 21.7. The van der Waals surface area contributed by atoms with Crippen LogP contribution < -0.4 is 19.8 Å². The number of hydrogen-bond acceptors (Lipinski definition) is 7. The monoisotopic (exact) mass is 472 g/mol. The third kappa shape index (κ3) is 4.29. The fourth-order valence-corrected chi connectivity index (χ4v) is 5.56. The number of aromatic amines is 1. The van der Waals surface area contributed by atoms with Gasteiger partial charge in [0, 0.05) is 36.7 Å². The van der Waals surface area contributed by atoms with Crippen molar-refractivity contribution in [1.29, 1.82) is 0 Å². The largest absolute Gasteiger partial charge is 0.497 e. The quantitative estimate of drug-likeness (QED) is 0.563. The number of nitrogens with zero attached hydrogens (tertiary/aromatic N) is 1. The first-order chi connectivity index (χ1) is 15.9. The fourth-order valence-electron chi connectivity index (χ4n) is 4.11. The van der Waals surface area contributed by atoms with Crippen LogP contribution in [0.5, 0.6) is 17.2 Å². The van der Waals surface area contributed by atoms with E-state index in [1.165, 1.54) is 23.5 Å². The van der Waals surface area contributed by atoms with Gasteiger partial charge >= 0.3 is 0 Å². The zero-order valence-corrected chi connectivity index (χ0v) is 18.9. The molecule has 10 heteroatoms. The Morgan fingerprint density at radius 3 is 2.58 bits per heavy atom. The topological polar surface area (TPSA) is 107 Å². The first-order valence-electron chi connectivity index (χ1n) is 10.7. The van der Waals surface area contributed by atoms with E-state index >= 15 is 0 Å². The highest BCUT2D eigenvalue weighted by molar-refractivity contribution is 7.89. The summed E-state index contributed by atoms with van der Waals surface area (Å²) in [7, 11) is -2.37. The zero-order valence-electron chi connectivity index (χ0n) is 18.1. The fraction of sp³-hybridized carbons (Fsp3) is 0.348. The number of hydrogen-bond donors (Lipinski definition) is 1. The van der Waals surface area contributed by atoms with E-state index in [2.05, 4.69) is 4.98 Å². The molecular weight excluding hydrogens is 448 g/mol. The molecule has 1 saturated heterocycles. The number of H-pyrrole nitrogens is 1. The highest BCUT2D eigenvalue weighted by atomic mass is 32.2. The summed E-state index contributed by atoms with van der Waals surface area (Å²) in [6, 6.07) is 11.4. The van der Waals surface area contributed by atoms with Crippen LogP contribution in [0, 0.1) is 0 Å². The molecule has 33 heavy (non-hydrogen) atoms. The Morgan fingerprint density at radius 2 is 1.88 bits per heavy atom. The van der Waals surface area contributed by atoms with Gasteiger partial charge in [-0.1, -0.05) is 0 Å². The summed E-state index contributed by atoms with van der Waals surface area (Å²) in [6.07, 6.45) is 1.43. The van der Waals surface area contributed by atoms with Gasteiger partial charge in [-0.05, 0) is 49.2 Å². The molecule has 0 radical (unpaired) electrons. The van der Waals surface area contributed by atoms with Crippen LogP contribution in [-0.4, -0.2) is 50.9 Å². The Bertz CT molecular complexity index is 1330. The molecule has 5 rings (SSSR count). The molecule has 1 aromatic heterocycles. The van der Waals surface area contributed by atoms with Crippen molar-refractivity contribution in [3.8, 4) is 17.2 Å². The van der Waals surface area contributed by atoms with E-state index in [-0.39, 0.29) is 36.4 Å². The number of nitrogens with one attached hydrogen (secondary N) is 1. The van der Waals surface area contributed by atoms with Gasteiger partial charge in [-0.15, -0.1) is 0 Å². The van der Waals surface area contributed by atoms with Crippen LogP contribution in [0.4, 0.5) is 0 Å². The van der Waals surface area contributed by atoms with E-state index in [1.54, 1.807) is 30.3 Å². The maximum atomic E-state index is 13.5. The van der Waals surface area contributed by atoms with Gasteiger partial charge in [0.05, 0.1) is 23.6 Å². The molecule has 2 aromatic carbocycles. The molecule has 1 fully saturated rings. The third-order valence-electron chi connectivity index (χ3n) is 5.89. The molecule has 2 aliphatic rings. The summed E-state index contributed by atoms with van der Waals surface area (Å²) in [5.41, 5.74) is 0.566. The lowest BCUT2D eigenvalue weighted by molar-refractivity contribution is 0.0925. The normalized spacial score (nSPS) is 17.7. The Morgan fingerprint density at radius 1 is 1.12 bits per heavy atom. The summed E-state index contributed by atoms with van der Waals surface area (Å²) in [5, 5.41) is 0.729. The second-order valence-electron chi connectivity index (χ2n) is 8.02. The van der Waals surface area contributed by atoms with E-state index in [9.17, 15) is 13.2 Å². The molecule has 0 aliphatic carbocycles. The van der Waals surface area contributed by atoms with Crippen molar-refractivity contribution in [3.63, 3.8) is 0 Å². The van der Waals surface area contributed by atoms with Crippen molar-refractivity contribution in [1.82, 2.24) is 9.29 Å². The average Bonchev–Trinajstić information content (AvgIpc) is 3.49. The van der Waals surface area contributed by atoms with Crippen molar-refractivity contribution in [2.45, 2.75) is 30.4 Å². The number of pyridine rings is 1. The number of aromatic nitrogens is 1. The van der Waals surface area contributed by atoms with E-state index in [0.29, 0.717) is 34.9 Å². The maximum Gasteiger partial charge on any atom is 0.252 e. The first-order valence-corrected chi connectivity index (χ1v) is 12.1. The predicted octanol–water partition coefficient (Wildman–Crippen LogP) is 2.64. The second kappa shape index (κ2) is 8.69. The number of sulfonamides is 1. The zero-order chi connectivity index (χ0) is 23.0. The average molecular weight is 473 g/mol. The molecule has 1 N–H and O–H groups in total. The van der Waals surface area contributed by atoms with Gasteiger partial charge in [0.1, 0.15) is 5.75 Å². The van der Waals surface area contributed by atoms with E-state index in [0.717, 1.165) is 18.2 Å². The lowest BCUT2D eigenvalue weighted by Crippen LogP contribution is -2.38. The van der Waals surface area contributed by atoms with Gasteiger partial charge in [-0.25, -0.2) is 8.42 Å². The molecule has 0 bridgehead atoms. The lowest BCUT2D eigenvalue weighted by Gasteiger charge is -2.25. The van der Waals surface area contributed by atoms with Crippen LogP contribution in [0.25, 0.3) is 10.9 Å². The van der Waals surface area contributed by atoms with E-state index in [1.807, 2.05) is 0 Å². The number of ether oxygens (including phenoxy) is 4. The molecule has 1 atom stereocenters. The number of rotatable bonds is 7. The second-order valence-corrected chi connectivity index (χ2v) is 9.96. The third-order valence-corrected chi connectivity index (χ3v) is 7.72. The van der Waals surface area contributed by atoms with Crippen LogP contribution in [0.15, 0.2) is 52.2 Å². The molecule has 0 saturated carbocycles. The minimum absolute atomic E-state index is 0.0893. The van der Waals surface area contributed by atoms with Crippen molar-refractivity contribution in [3.05, 3.63) is 58.4 Å². The van der Waals surface area contributed by atoms with Crippen molar-refractivity contribution in [2.75, 3.05) is 27.1 Å². The SMILES string of the molecule is COc1ccc(S(=O)(=O)N(Cc2cc3cc4c(cc3[nH]c2=O)OCO4)C[C@@H]2CCCO2)cc1. The molecule has 0 unspecified atom stereocenters. The number of fused-ring (bicyclic) bond motifs is 2. The summed E-state index contributed by atoms with van der Waals surface area (Å²) in [6.45, 7) is 0.795. The van der Waals surface area contributed by atoms with Crippen LogP contribution in [-0.2, 0) is 21.3 Å². The Balaban J connectivity index is 1.51. The van der Waals surface area contributed by atoms with Gasteiger partial charge in [0.2, 0.25) is 16.8 Å².